The van der Waals surface area contributed by atoms with Crippen molar-refractivity contribution in [1.82, 2.24) is 14.7 Å². The molecule has 6 atom stereocenters. The second kappa shape index (κ2) is 13.9. The lowest BCUT2D eigenvalue weighted by molar-refractivity contribution is -0.142. The Morgan fingerprint density at radius 2 is 1.78 bits per heavy atom. The van der Waals surface area contributed by atoms with Gasteiger partial charge in [0.1, 0.15) is 29.6 Å². The lowest BCUT2D eigenvalue weighted by Gasteiger charge is -2.49. The minimum Gasteiger partial charge on any atom is -0.508 e. The maximum Gasteiger partial charge on any atom is 0.305 e. The molecule has 2 aliphatic heterocycles. The van der Waals surface area contributed by atoms with Gasteiger partial charge in [-0.2, -0.15) is 5.10 Å². The normalized spacial score (nSPS) is 25.2. The Hall–Kier alpha value is -5.79. The number of amides is 4. The fourth-order valence-electron chi connectivity index (χ4n) is 9.88. The average Bonchev–Trinajstić information content (AvgIpc) is 3.87. The number of carbonyl (C=O) groups is 5. The largest absolute Gasteiger partial charge is 0.508 e. The van der Waals surface area contributed by atoms with Crippen LogP contribution in [0.5, 0.6) is 11.5 Å². The number of phenolic OH excluding ortho intramolecular Hbond substituents is 1. The van der Waals surface area contributed by atoms with Crippen molar-refractivity contribution in [2.24, 2.45) is 36.1 Å². The van der Waals surface area contributed by atoms with E-state index in [0.717, 1.165) is 31.0 Å². The van der Waals surface area contributed by atoms with Gasteiger partial charge in [-0.05, 0) is 73.4 Å². The van der Waals surface area contributed by atoms with E-state index in [-0.39, 0.29) is 44.0 Å². The van der Waals surface area contributed by atoms with Crippen molar-refractivity contribution in [3.8, 4) is 22.1 Å². The van der Waals surface area contributed by atoms with Crippen LogP contribution < -0.4 is 9.64 Å². The van der Waals surface area contributed by atoms with Gasteiger partial charge in [-0.25, -0.2) is 4.90 Å². The second-order valence-electron chi connectivity index (χ2n) is 15.8. The molecule has 2 saturated heterocycles. The van der Waals surface area contributed by atoms with Crippen LogP contribution in [0.15, 0.2) is 84.4 Å². The average molecular weight is 819 g/mol. The molecule has 3 fully saturated rings. The number of rotatable bonds is 9. The zero-order chi connectivity index (χ0) is 40.8. The minimum absolute atomic E-state index is 0.104. The van der Waals surface area contributed by atoms with Crippen molar-refractivity contribution < 1.29 is 38.9 Å². The summed E-state index contributed by atoms with van der Waals surface area (Å²) in [6.07, 6.45) is 1.80. The van der Waals surface area contributed by atoms with Crippen molar-refractivity contribution in [2.45, 2.75) is 45.6 Å². The number of ether oxygens (including phenoxy) is 1. The monoisotopic (exact) mass is 818 g/mol. The quantitative estimate of drug-likeness (QED) is 0.115. The molecule has 58 heavy (non-hydrogen) atoms. The summed E-state index contributed by atoms with van der Waals surface area (Å²) >= 11 is 7.86. The van der Waals surface area contributed by atoms with E-state index in [2.05, 4.69) is 0 Å². The molecule has 9 rings (SSSR count). The van der Waals surface area contributed by atoms with Crippen LogP contribution in [0.2, 0.25) is 5.02 Å². The molecule has 2 N–H and O–H groups in total. The Kier molecular flexibility index (Phi) is 9.08. The number of aliphatic carboxylic acids is 1. The molecule has 3 aromatic carbocycles. The molecule has 12 nitrogen and oxygen atoms in total. The third-order valence-electron chi connectivity index (χ3n) is 12.7. The first-order valence-corrected chi connectivity index (χ1v) is 20.3. The molecule has 0 radical (unpaired) electrons. The number of allylic oxidation sites excluding steroid dienone is 2. The van der Waals surface area contributed by atoms with Crippen LogP contribution in [0.1, 0.15) is 48.8 Å². The smallest absolute Gasteiger partial charge is 0.305 e. The number of carboxylic acids is 1. The minimum atomic E-state index is -1.42. The first kappa shape index (κ1) is 37.8. The van der Waals surface area contributed by atoms with Gasteiger partial charge in [0, 0.05) is 46.9 Å². The Bertz CT molecular complexity index is 2620. The van der Waals surface area contributed by atoms with Crippen molar-refractivity contribution in [1.29, 1.82) is 0 Å². The molecule has 14 heteroatoms. The molecule has 4 heterocycles. The summed E-state index contributed by atoms with van der Waals surface area (Å²) in [6.45, 7) is 3.74. The number of hydrogen-bond donors (Lipinski definition) is 2. The first-order chi connectivity index (χ1) is 27.8. The number of anilines is 1. The number of hydrogen-bond acceptors (Lipinski definition) is 9. The molecule has 4 amide bonds. The molecule has 4 aliphatic rings. The highest BCUT2D eigenvalue weighted by Gasteiger charge is 2.68. The third kappa shape index (κ3) is 5.77. The van der Waals surface area contributed by atoms with Gasteiger partial charge in [0.15, 0.2) is 0 Å². The summed E-state index contributed by atoms with van der Waals surface area (Å²) in [5.74, 6) is -6.45. The lowest BCUT2D eigenvalue weighted by Crippen LogP contribution is -2.49. The van der Waals surface area contributed by atoms with E-state index in [1.165, 1.54) is 27.0 Å². The molecule has 5 aromatic rings. The van der Waals surface area contributed by atoms with Crippen LogP contribution >= 0.6 is 22.9 Å². The number of aromatic nitrogens is 2. The number of aryl methyl sites for hydroxylation is 2. The third-order valence-corrected chi connectivity index (χ3v) is 14.2. The molecule has 2 aromatic heterocycles. The summed E-state index contributed by atoms with van der Waals surface area (Å²) in [4.78, 5) is 72.4. The Morgan fingerprint density at radius 1 is 1.00 bits per heavy atom. The fraction of sp³-hybridized carbons (Fsp3) is 0.318. The number of nitrogens with zero attached hydrogens (tertiary/aromatic N) is 4. The molecule has 1 saturated carbocycles. The van der Waals surface area contributed by atoms with Crippen LogP contribution in [0.25, 0.3) is 20.7 Å². The summed E-state index contributed by atoms with van der Waals surface area (Å²) in [5.41, 5.74) is 2.16. The number of likely N-dealkylation sites (tertiary alicyclic amines) is 1. The fourth-order valence-corrected chi connectivity index (χ4v) is 11.2. The summed E-state index contributed by atoms with van der Waals surface area (Å²) in [6, 6.07) is 21.9. The predicted octanol–water partition coefficient (Wildman–Crippen LogP) is 7.25. The number of fused-ring (bicyclic) bond motifs is 5. The number of imide groups is 2. The van der Waals surface area contributed by atoms with Gasteiger partial charge in [-0.3, -0.25) is 33.6 Å². The van der Waals surface area contributed by atoms with E-state index in [9.17, 15) is 29.4 Å². The van der Waals surface area contributed by atoms with Crippen molar-refractivity contribution >= 4 is 68.4 Å². The van der Waals surface area contributed by atoms with E-state index >= 15 is 4.79 Å². The SMILES string of the molecule is Cc1c(-c2cc(N3C(=O)C4CC5C(=CCC6C(=O)N(CCC(=O)O)C(=O)C65)C(c5ccc(OCc6ccccc6)cc5O)C4(C)C3=O)n(C)n2)sc2ccc(Cl)cc12. The number of thiophene rings is 1. The highest BCUT2D eigenvalue weighted by atomic mass is 35.5. The van der Waals surface area contributed by atoms with Crippen molar-refractivity contribution in [3.05, 3.63) is 106 Å². The van der Waals surface area contributed by atoms with Crippen molar-refractivity contribution in [2.75, 3.05) is 11.4 Å². The van der Waals surface area contributed by atoms with E-state index < -0.39 is 64.6 Å². The Balaban J connectivity index is 1.12. The van der Waals surface area contributed by atoms with Crippen LogP contribution in [-0.2, 0) is 37.6 Å². The van der Waals surface area contributed by atoms with Crippen molar-refractivity contribution in [3.63, 3.8) is 0 Å². The molecule has 6 unspecified atom stereocenters. The molecule has 0 bridgehead atoms. The van der Waals surface area contributed by atoms with E-state index in [0.29, 0.717) is 27.6 Å². The van der Waals surface area contributed by atoms with E-state index in [4.69, 9.17) is 21.4 Å². The lowest BCUT2D eigenvalue weighted by atomic mass is 9.51. The molecule has 2 aliphatic carbocycles. The molecule has 0 spiro atoms. The van der Waals surface area contributed by atoms with Gasteiger partial charge in [0.05, 0.1) is 34.5 Å². The van der Waals surface area contributed by atoms with Crippen LogP contribution in [0.3, 0.4) is 0 Å². The van der Waals surface area contributed by atoms with Gasteiger partial charge < -0.3 is 14.9 Å². The zero-order valence-corrected chi connectivity index (χ0v) is 33.4. The van der Waals surface area contributed by atoms with Gasteiger partial charge >= 0.3 is 5.97 Å². The van der Waals surface area contributed by atoms with Crippen LogP contribution in [0.4, 0.5) is 5.82 Å². The summed E-state index contributed by atoms with van der Waals surface area (Å²) in [7, 11) is 1.68. The van der Waals surface area contributed by atoms with Gasteiger partial charge in [0.2, 0.25) is 23.6 Å². The van der Waals surface area contributed by atoms with E-state index in [1.807, 2.05) is 61.5 Å². The second-order valence-corrected chi connectivity index (χ2v) is 17.3. The number of carbonyl (C=O) groups excluding carboxylic acids is 4. The summed E-state index contributed by atoms with van der Waals surface area (Å²) < 4.78 is 8.56. The summed E-state index contributed by atoms with van der Waals surface area (Å²) in [5, 5.41) is 27.5. The van der Waals surface area contributed by atoms with E-state index in [1.54, 1.807) is 32.2 Å². The van der Waals surface area contributed by atoms with Crippen LogP contribution in [-0.4, -0.2) is 61.0 Å². The Morgan fingerprint density at radius 3 is 2.52 bits per heavy atom. The number of halogens is 1. The van der Waals surface area contributed by atoms with Gasteiger partial charge in [-0.1, -0.05) is 59.6 Å². The number of phenols is 1. The number of benzene rings is 3. The number of carboxylic acid groups (broad SMARTS) is 1. The molecular formula is C44H39ClN4O8S. The first-order valence-electron chi connectivity index (χ1n) is 19.2. The maximum atomic E-state index is 15.2. The standard InChI is InChI=1S/C44H39ClN4O8S/c1-22-29-17-24(45)9-14-34(29)58-39(22)32-20-35(47(3)46-32)49-41(54)31-19-30-26(12-13-28-37(30)42(55)48(40(28)53)16-15-36(51)52)38(44(31,2)43(49)56)27-11-10-25(18-33(27)50)57-21-23-7-5-4-6-8-23/h4-12,14,17-18,20,28,30-31,37-38,50H,13,15-16,19,21H2,1-3H3,(H,51,52). The van der Waals surface area contributed by atoms with Gasteiger partial charge in [-0.15, -0.1) is 11.3 Å². The van der Waals surface area contributed by atoms with Gasteiger partial charge in [0.25, 0.3) is 0 Å². The maximum absolute atomic E-state index is 15.2. The Labute approximate surface area is 342 Å². The highest BCUT2D eigenvalue weighted by Crippen LogP contribution is 2.64. The zero-order valence-electron chi connectivity index (χ0n) is 31.8. The molecule has 296 valence electrons. The number of aromatic hydroxyl groups is 1. The molecular weight excluding hydrogens is 780 g/mol. The topological polar surface area (TPSA) is 159 Å². The van der Waals surface area contributed by atoms with Crippen LogP contribution in [0, 0.1) is 36.0 Å². The highest BCUT2D eigenvalue weighted by molar-refractivity contribution is 7.22. The predicted molar refractivity (Wildman–Crippen MR) is 216 cm³/mol.